The first-order valence-electron chi connectivity index (χ1n) is 7.90. The maximum atomic E-state index is 12.7. The number of aromatic amines is 2. The van der Waals surface area contributed by atoms with Gasteiger partial charge in [0.1, 0.15) is 5.65 Å². The van der Waals surface area contributed by atoms with E-state index in [1.165, 1.54) is 6.42 Å². The van der Waals surface area contributed by atoms with Crippen LogP contribution in [0, 0.1) is 12.8 Å². The molecule has 0 unspecified atom stereocenters. The molecule has 3 rings (SSSR count). The number of hydrogen-bond donors (Lipinski definition) is 3. The Balaban J connectivity index is 2.03. The average molecular weight is 316 g/mol. The topological polar surface area (TPSA) is 108 Å². The van der Waals surface area contributed by atoms with Gasteiger partial charge in [-0.05, 0) is 31.7 Å². The predicted molar refractivity (Wildman–Crippen MR) is 86.6 cm³/mol. The molecule has 0 radical (unpaired) electrons. The predicted octanol–water partition coefficient (Wildman–Crippen LogP) is 1.23. The van der Waals surface area contributed by atoms with Crippen LogP contribution >= 0.6 is 0 Å². The molecule has 2 aromatic rings. The zero-order chi connectivity index (χ0) is 16.6. The fraction of sp³-hybridized carbons (Fsp3) is 0.500. The molecular weight excluding hydrogens is 296 g/mol. The number of pyridine rings is 1. The maximum Gasteiger partial charge on any atom is 0.327 e. The largest absolute Gasteiger partial charge is 0.349 e. The molecule has 3 N–H and O–H groups in total. The van der Waals surface area contributed by atoms with Gasteiger partial charge in [-0.3, -0.25) is 19.6 Å². The van der Waals surface area contributed by atoms with Crippen LogP contribution in [0.15, 0.2) is 15.7 Å². The second kappa shape index (κ2) is 5.98. The van der Waals surface area contributed by atoms with Gasteiger partial charge in [-0.1, -0.05) is 19.8 Å². The van der Waals surface area contributed by atoms with E-state index in [1.54, 1.807) is 13.0 Å². The zero-order valence-electron chi connectivity index (χ0n) is 13.2. The summed E-state index contributed by atoms with van der Waals surface area (Å²) in [7, 11) is 0. The van der Waals surface area contributed by atoms with Crippen molar-refractivity contribution in [2.24, 2.45) is 5.92 Å². The van der Waals surface area contributed by atoms with Crippen LogP contribution in [0.25, 0.3) is 11.0 Å². The Morgan fingerprint density at radius 1 is 1.26 bits per heavy atom. The molecule has 7 heteroatoms. The number of aromatic nitrogens is 3. The van der Waals surface area contributed by atoms with Crippen molar-refractivity contribution < 1.29 is 4.79 Å². The first-order chi connectivity index (χ1) is 11.0. The maximum absolute atomic E-state index is 12.7. The molecule has 7 nitrogen and oxygen atoms in total. The number of aryl methyl sites for hydroxylation is 1. The van der Waals surface area contributed by atoms with Gasteiger partial charge >= 0.3 is 5.69 Å². The Bertz CT molecular complexity index is 868. The van der Waals surface area contributed by atoms with Crippen molar-refractivity contribution >= 4 is 16.9 Å². The van der Waals surface area contributed by atoms with E-state index in [0.717, 1.165) is 19.3 Å². The summed E-state index contributed by atoms with van der Waals surface area (Å²) < 4.78 is 0. The van der Waals surface area contributed by atoms with Crippen molar-refractivity contribution in [2.45, 2.75) is 45.6 Å². The standard InChI is InChI=1S/C16H20N4O3/c1-8-5-3-4-6-11(8)18-14(21)10-7-9(2)17-13-12(10)15(22)20-16(23)19-13/h7-8,11H,3-6H2,1-2H3,(H,18,21)(H2,17,19,20,22,23)/t8-,11+/m1/s1. The number of fused-ring (bicyclic) bond motifs is 1. The number of nitrogens with one attached hydrogen (secondary N) is 3. The van der Waals surface area contributed by atoms with E-state index in [4.69, 9.17) is 0 Å². The molecule has 1 saturated carbocycles. The molecule has 0 spiro atoms. The van der Waals surface area contributed by atoms with Gasteiger partial charge in [0.25, 0.3) is 11.5 Å². The summed E-state index contributed by atoms with van der Waals surface area (Å²) in [6, 6.07) is 1.69. The summed E-state index contributed by atoms with van der Waals surface area (Å²) in [5.74, 6) is 0.122. The second-order valence-electron chi connectivity index (χ2n) is 6.28. The van der Waals surface area contributed by atoms with Crippen molar-refractivity contribution in [1.29, 1.82) is 0 Å². The van der Waals surface area contributed by atoms with E-state index in [-0.39, 0.29) is 28.5 Å². The summed E-state index contributed by atoms with van der Waals surface area (Å²) in [6.07, 6.45) is 4.32. The van der Waals surface area contributed by atoms with Gasteiger partial charge in [0, 0.05) is 11.7 Å². The van der Waals surface area contributed by atoms with Crippen LogP contribution in [0.5, 0.6) is 0 Å². The molecule has 1 aliphatic carbocycles. The Morgan fingerprint density at radius 3 is 2.74 bits per heavy atom. The minimum Gasteiger partial charge on any atom is -0.349 e. The van der Waals surface area contributed by atoms with Crippen molar-refractivity contribution in [1.82, 2.24) is 20.3 Å². The molecule has 1 amide bonds. The van der Waals surface area contributed by atoms with Crippen LogP contribution in [0.1, 0.15) is 48.7 Å². The molecule has 23 heavy (non-hydrogen) atoms. The van der Waals surface area contributed by atoms with Gasteiger partial charge in [-0.2, -0.15) is 0 Å². The summed E-state index contributed by atoms with van der Waals surface area (Å²) in [5.41, 5.74) is -0.269. The summed E-state index contributed by atoms with van der Waals surface area (Å²) in [5, 5.41) is 3.16. The van der Waals surface area contributed by atoms with Crippen LogP contribution in [0.2, 0.25) is 0 Å². The van der Waals surface area contributed by atoms with E-state index in [2.05, 4.69) is 27.2 Å². The van der Waals surface area contributed by atoms with Crippen LogP contribution in [0.4, 0.5) is 0 Å². The molecule has 0 aliphatic heterocycles. The van der Waals surface area contributed by atoms with Crippen molar-refractivity contribution in [3.63, 3.8) is 0 Å². The highest BCUT2D eigenvalue weighted by Crippen LogP contribution is 2.24. The molecule has 1 fully saturated rings. The number of amides is 1. The third-order valence-electron chi connectivity index (χ3n) is 4.51. The minimum absolute atomic E-state index is 0.113. The highest BCUT2D eigenvalue weighted by molar-refractivity contribution is 6.05. The molecule has 1 aliphatic rings. The van der Waals surface area contributed by atoms with Crippen LogP contribution in [-0.4, -0.2) is 26.9 Å². The third kappa shape index (κ3) is 3.04. The van der Waals surface area contributed by atoms with E-state index in [9.17, 15) is 14.4 Å². The molecule has 0 saturated heterocycles. The van der Waals surface area contributed by atoms with Gasteiger partial charge in [0.2, 0.25) is 0 Å². The van der Waals surface area contributed by atoms with Crippen LogP contribution in [-0.2, 0) is 0 Å². The Kier molecular flexibility index (Phi) is 4.02. The smallest absolute Gasteiger partial charge is 0.327 e. The van der Waals surface area contributed by atoms with Crippen molar-refractivity contribution in [3.8, 4) is 0 Å². The van der Waals surface area contributed by atoms with Crippen LogP contribution in [0.3, 0.4) is 0 Å². The molecule has 0 aromatic carbocycles. The number of rotatable bonds is 2. The summed E-state index contributed by atoms with van der Waals surface area (Å²) in [4.78, 5) is 45.0. The number of nitrogens with zero attached hydrogens (tertiary/aromatic N) is 1. The molecule has 0 bridgehead atoms. The lowest BCUT2D eigenvalue weighted by atomic mass is 9.86. The molecule has 2 aromatic heterocycles. The quantitative estimate of drug-likeness (QED) is 0.774. The Hall–Kier alpha value is -2.44. The van der Waals surface area contributed by atoms with Gasteiger partial charge < -0.3 is 5.32 Å². The monoisotopic (exact) mass is 316 g/mol. The Morgan fingerprint density at radius 2 is 2.00 bits per heavy atom. The van der Waals surface area contributed by atoms with Crippen LogP contribution < -0.4 is 16.6 Å². The number of hydrogen-bond acceptors (Lipinski definition) is 4. The fourth-order valence-electron chi connectivity index (χ4n) is 3.25. The molecule has 2 atom stereocenters. The molecular formula is C16H20N4O3. The first kappa shape index (κ1) is 15.5. The van der Waals surface area contributed by atoms with Gasteiger partial charge in [-0.15, -0.1) is 0 Å². The van der Waals surface area contributed by atoms with Gasteiger partial charge in [-0.25, -0.2) is 9.78 Å². The van der Waals surface area contributed by atoms with E-state index in [1.807, 2.05) is 0 Å². The fourth-order valence-corrected chi connectivity index (χ4v) is 3.25. The van der Waals surface area contributed by atoms with Crippen molar-refractivity contribution in [3.05, 3.63) is 38.2 Å². The van der Waals surface area contributed by atoms with E-state index >= 15 is 0 Å². The van der Waals surface area contributed by atoms with E-state index < -0.39 is 11.2 Å². The normalized spacial score (nSPS) is 21.3. The number of carbonyl (C=O) groups is 1. The number of carbonyl (C=O) groups excluding carboxylic acids is 1. The third-order valence-corrected chi connectivity index (χ3v) is 4.51. The SMILES string of the molecule is Cc1cc(C(=O)N[C@H]2CCCC[C@H]2C)c2c(=O)[nH]c(=O)[nH]c2n1. The average Bonchev–Trinajstić information content (AvgIpc) is 2.47. The lowest BCUT2D eigenvalue weighted by Gasteiger charge is -2.29. The Labute approximate surface area is 132 Å². The zero-order valence-corrected chi connectivity index (χ0v) is 13.2. The molecule has 2 heterocycles. The second-order valence-corrected chi connectivity index (χ2v) is 6.28. The first-order valence-corrected chi connectivity index (χ1v) is 7.90. The highest BCUT2D eigenvalue weighted by atomic mass is 16.2. The highest BCUT2D eigenvalue weighted by Gasteiger charge is 2.25. The van der Waals surface area contributed by atoms with Gasteiger partial charge in [0.15, 0.2) is 0 Å². The van der Waals surface area contributed by atoms with Gasteiger partial charge in [0.05, 0.1) is 10.9 Å². The molecule has 122 valence electrons. The lowest BCUT2D eigenvalue weighted by Crippen LogP contribution is -2.41. The minimum atomic E-state index is -0.632. The summed E-state index contributed by atoms with van der Waals surface area (Å²) >= 11 is 0. The summed E-state index contributed by atoms with van der Waals surface area (Å²) in [6.45, 7) is 3.85. The van der Waals surface area contributed by atoms with Crippen molar-refractivity contribution in [2.75, 3.05) is 0 Å². The van der Waals surface area contributed by atoms with E-state index in [0.29, 0.717) is 11.6 Å². The lowest BCUT2D eigenvalue weighted by molar-refractivity contribution is 0.0911. The number of H-pyrrole nitrogens is 2.